The number of hydrogen-bond donors (Lipinski definition) is 0. The van der Waals surface area contributed by atoms with Crippen molar-refractivity contribution in [2.24, 2.45) is 0 Å². The number of hydrogen-bond acceptors (Lipinski definition) is 3. The van der Waals surface area contributed by atoms with Gasteiger partial charge in [0.15, 0.2) is 11.5 Å². The lowest BCUT2D eigenvalue weighted by Gasteiger charge is -1.93. The molecule has 0 amide bonds. The SMILES string of the molecule is C=C1Oc2c(Br)sc(Br)c2O1. The van der Waals surface area contributed by atoms with Crippen LogP contribution in [0, 0.1) is 0 Å². The smallest absolute Gasteiger partial charge is 0.283 e. The monoisotopic (exact) mass is 296 g/mol. The first-order valence-electron chi connectivity index (χ1n) is 2.71. The molecule has 0 fully saturated rings. The van der Waals surface area contributed by atoms with Gasteiger partial charge in [-0.2, -0.15) is 0 Å². The van der Waals surface area contributed by atoms with E-state index in [4.69, 9.17) is 9.47 Å². The minimum absolute atomic E-state index is 0.323. The first-order chi connectivity index (χ1) is 5.18. The molecule has 58 valence electrons. The normalized spacial score (nSPS) is 14.2. The molecule has 0 aliphatic carbocycles. The maximum Gasteiger partial charge on any atom is 0.283 e. The molecule has 2 heterocycles. The van der Waals surface area contributed by atoms with Gasteiger partial charge in [0.05, 0.1) is 0 Å². The summed E-state index contributed by atoms with van der Waals surface area (Å²) in [6, 6.07) is 0. The van der Waals surface area contributed by atoms with Gasteiger partial charge in [0.25, 0.3) is 5.95 Å². The van der Waals surface area contributed by atoms with Crippen molar-refractivity contribution in [2.75, 3.05) is 0 Å². The predicted octanol–water partition coefficient (Wildman–Crippen LogP) is 3.52. The molecule has 0 saturated carbocycles. The van der Waals surface area contributed by atoms with Crippen molar-refractivity contribution in [2.45, 2.75) is 0 Å². The van der Waals surface area contributed by atoms with Gasteiger partial charge in [0, 0.05) is 0 Å². The van der Waals surface area contributed by atoms with Crippen molar-refractivity contribution in [3.8, 4) is 11.5 Å². The Hall–Kier alpha value is -0.000000000000000167. The zero-order chi connectivity index (χ0) is 8.01. The molecule has 0 saturated heterocycles. The Morgan fingerprint density at radius 2 is 1.55 bits per heavy atom. The molecule has 0 N–H and O–H groups in total. The fourth-order valence-corrected chi connectivity index (χ4v) is 3.53. The third kappa shape index (κ3) is 1.11. The van der Waals surface area contributed by atoms with Gasteiger partial charge in [-0.05, 0) is 38.4 Å². The lowest BCUT2D eigenvalue weighted by Crippen LogP contribution is -1.90. The van der Waals surface area contributed by atoms with E-state index in [1.54, 1.807) is 0 Å². The van der Waals surface area contributed by atoms with Crippen LogP contribution in [0.15, 0.2) is 20.1 Å². The standard InChI is InChI=1S/C6H2Br2O2S/c1-2-9-3-4(10-2)6(8)11-5(3)7/h1H2. The van der Waals surface area contributed by atoms with E-state index in [1.165, 1.54) is 11.3 Å². The summed E-state index contributed by atoms with van der Waals surface area (Å²) in [5.41, 5.74) is 0. The summed E-state index contributed by atoms with van der Waals surface area (Å²) in [7, 11) is 0. The molecule has 1 aromatic rings. The van der Waals surface area contributed by atoms with Crippen LogP contribution in [0.2, 0.25) is 0 Å². The molecule has 0 unspecified atom stereocenters. The Morgan fingerprint density at radius 1 is 1.09 bits per heavy atom. The van der Waals surface area contributed by atoms with E-state index < -0.39 is 0 Å². The third-order valence-corrected chi connectivity index (χ3v) is 3.59. The van der Waals surface area contributed by atoms with Crippen molar-refractivity contribution >= 4 is 43.2 Å². The highest BCUT2D eigenvalue weighted by atomic mass is 79.9. The molecule has 0 atom stereocenters. The fraction of sp³-hybridized carbons (Fsp3) is 0. The second-order valence-electron chi connectivity index (χ2n) is 1.88. The van der Waals surface area contributed by atoms with Crippen LogP contribution in [-0.4, -0.2) is 0 Å². The summed E-state index contributed by atoms with van der Waals surface area (Å²) in [4.78, 5) is 0. The van der Waals surface area contributed by atoms with Gasteiger partial charge in [-0.25, -0.2) is 0 Å². The molecule has 11 heavy (non-hydrogen) atoms. The van der Waals surface area contributed by atoms with E-state index in [2.05, 4.69) is 38.4 Å². The van der Waals surface area contributed by atoms with Gasteiger partial charge < -0.3 is 9.47 Å². The third-order valence-electron chi connectivity index (χ3n) is 1.17. The number of rotatable bonds is 0. The molecule has 0 aromatic carbocycles. The zero-order valence-electron chi connectivity index (χ0n) is 5.19. The molecular formula is C6H2Br2O2S. The number of ether oxygens (including phenoxy) is 2. The Labute approximate surface area is 84.1 Å². The Morgan fingerprint density at radius 3 is 2.00 bits per heavy atom. The highest BCUT2D eigenvalue weighted by molar-refractivity contribution is 9.12. The highest BCUT2D eigenvalue weighted by Gasteiger charge is 2.26. The van der Waals surface area contributed by atoms with Crippen LogP contribution in [0.3, 0.4) is 0 Å². The van der Waals surface area contributed by atoms with Gasteiger partial charge in [0.1, 0.15) is 7.57 Å². The Kier molecular flexibility index (Phi) is 1.74. The number of fused-ring (bicyclic) bond motifs is 1. The highest BCUT2D eigenvalue weighted by Crippen LogP contribution is 2.52. The van der Waals surface area contributed by atoms with Gasteiger partial charge in [-0.1, -0.05) is 0 Å². The van der Waals surface area contributed by atoms with Crippen LogP contribution in [0.5, 0.6) is 11.5 Å². The molecule has 0 bridgehead atoms. The lowest BCUT2D eigenvalue weighted by atomic mass is 10.6. The molecule has 1 aromatic heterocycles. The van der Waals surface area contributed by atoms with Gasteiger partial charge in [0.2, 0.25) is 0 Å². The maximum atomic E-state index is 5.18. The summed E-state index contributed by atoms with van der Waals surface area (Å²) < 4.78 is 12.2. The van der Waals surface area contributed by atoms with Gasteiger partial charge in [-0.3, -0.25) is 0 Å². The summed E-state index contributed by atoms with van der Waals surface area (Å²) in [6.07, 6.45) is 0. The van der Waals surface area contributed by atoms with Gasteiger partial charge >= 0.3 is 0 Å². The molecule has 1 aliphatic rings. The zero-order valence-corrected chi connectivity index (χ0v) is 9.18. The molecule has 5 heteroatoms. The fourth-order valence-electron chi connectivity index (χ4n) is 0.771. The minimum Gasteiger partial charge on any atom is -0.420 e. The van der Waals surface area contributed by atoms with E-state index in [-0.39, 0.29) is 0 Å². The van der Waals surface area contributed by atoms with Crippen LogP contribution in [0.25, 0.3) is 0 Å². The first-order valence-corrected chi connectivity index (χ1v) is 5.11. The molecule has 1 aliphatic heterocycles. The second kappa shape index (κ2) is 2.50. The van der Waals surface area contributed by atoms with Crippen LogP contribution < -0.4 is 9.47 Å². The van der Waals surface area contributed by atoms with E-state index in [0.717, 1.165) is 7.57 Å². The summed E-state index contributed by atoms with van der Waals surface area (Å²) >= 11 is 8.19. The summed E-state index contributed by atoms with van der Waals surface area (Å²) in [5, 5.41) is 0. The number of thiophene rings is 1. The van der Waals surface area contributed by atoms with E-state index >= 15 is 0 Å². The van der Waals surface area contributed by atoms with Crippen molar-refractivity contribution in [3.63, 3.8) is 0 Å². The van der Waals surface area contributed by atoms with Crippen molar-refractivity contribution < 1.29 is 9.47 Å². The van der Waals surface area contributed by atoms with Crippen LogP contribution in [0.1, 0.15) is 0 Å². The quantitative estimate of drug-likeness (QED) is 0.729. The van der Waals surface area contributed by atoms with Crippen molar-refractivity contribution in [1.29, 1.82) is 0 Å². The maximum absolute atomic E-state index is 5.18. The van der Waals surface area contributed by atoms with E-state index in [9.17, 15) is 0 Å². The van der Waals surface area contributed by atoms with Crippen molar-refractivity contribution in [3.05, 3.63) is 20.1 Å². The topological polar surface area (TPSA) is 18.5 Å². The van der Waals surface area contributed by atoms with Gasteiger partial charge in [-0.15, -0.1) is 11.3 Å². The summed E-state index contributed by atoms with van der Waals surface area (Å²) in [5.74, 6) is 1.75. The average Bonchev–Trinajstić information content (AvgIpc) is 2.38. The second-order valence-corrected chi connectivity index (χ2v) is 5.54. The average molecular weight is 298 g/mol. The lowest BCUT2D eigenvalue weighted by molar-refractivity contribution is 0.289. The van der Waals surface area contributed by atoms with E-state index in [0.29, 0.717) is 17.4 Å². The largest absolute Gasteiger partial charge is 0.420 e. The predicted molar refractivity (Wildman–Crippen MR) is 50.1 cm³/mol. The number of halogens is 2. The molecular weight excluding hydrogens is 296 g/mol. The van der Waals surface area contributed by atoms with E-state index in [1.807, 2.05) is 0 Å². The molecule has 2 nitrogen and oxygen atoms in total. The molecule has 2 rings (SSSR count). The minimum atomic E-state index is 0.323. The Bertz CT molecular complexity index is 303. The van der Waals surface area contributed by atoms with Crippen LogP contribution in [0.4, 0.5) is 0 Å². The van der Waals surface area contributed by atoms with Crippen molar-refractivity contribution in [1.82, 2.24) is 0 Å². The molecule has 0 spiro atoms. The first kappa shape index (κ1) is 7.64. The molecule has 0 radical (unpaired) electrons. The Balaban J connectivity index is 2.59. The van der Waals surface area contributed by atoms with Crippen LogP contribution in [-0.2, 0) is 0 Å². The van der Waals surface area contributed by atoms with Crippen LogP contribution >= 0.6 is 43.2 Å². The summed E-state index contributed by atoms with van der Waals surface area (Å²) in [6.45, 7) is 3.54.